The number of phenols is 1. The summed E-state index contributed by atoms with van der Waals surface area (Å²) in [6.07, 6.45) is 0.0171. The Labute approximate surface area is 224 Å². The molecule has 39 heavy (non-hydrogen) atoms. The van der Waals surface area contributed by atoms with Gasteiger partial charge >= 0.3 is 5.97 Å². The predicted octanol–water partition coefficient (Wildman–Crippen LogP) is 4.76. The number of hydrogen-bond acceptors (Lipinski definition) is 7. The number of hydrogen-bond donors (Lipinski definition) is 2. The summed E-state index contributed by atoms with van der Waals surface area (Å²) in [5.41, 5.74) is 2.29. The SMILES string of the molecule is Cc1ccc(S(=O)(=O)N[C@@H](Cc2ccccc2)C(=O)Oc2cc(O)c3c(=O)c4cccc(C)c4oc3c2)cc1. The minimum Gasteiger partial charge on any atom is -0.507 e. The van der Waals surface area contributed by atoms with Crippen LogP contribution in [0.1, 0.15) is 16.7 Å². The van der Waals surface area contributed by atoms with Crippen LogP contribution in [0.2, 0.25) is 0 Å². The number of para-hydroxylation sites is 1. The third-order valence-corrected chi connectivity index (χ3v) is 7.85. The van der Waals surface area contributed by atoms with E-state index in [0.717, 1.165) is 17.2 Å². The van der Waals surface area contributed by atoms with E-state index in [1.807, 2.05) is 13.0 Å². The Hall–Kier alpha value is -4.47. The number of fused-ring (bicyclic) bond motifs is 2. The fourth-order valence-corrected chi connectivity index (χ4v) is 5.52. The van der Waals surface area contributed by atoms with Crippen molar-refractivity contribution in [2.45, 2.75) is 31.2 Å². The number of rotatable bonds is 7. The van der Waals surface area contributed by atoms with Crippen molar-refractivity contribution in [2.24, 2.45) is 0 Å². The number of aryl methyl sites for hydroxylation is 2. The smallest absolute Gasteiger partial charge is 0.329 e. The van der Waals surface area contributed by atoms with Crippen molar-refractivity contribution in [2.75, 3.05) is 0 Å². The van der Waals surface area contributed by atoms with Gasteiger partial charge in [-0.3, -0.25) is 4.79 Å². The number of phenolic OH excluding ortho intramolecular Hbond substituents is 1. The average Bonchev–Trinajstić information content (AvgIpc) is 2.89. The first kappa shape index (κ1) is 26.1. The van der Waals surface area contributed by atoms with Gasteiger partial charge in [-0.25, -0.2) is 13.2 Å². The second kappa shape index (κ2) is 10.4. The topological polar surface area (TPSA) is 123 Å². The lowest BCUT2D eigenvalue weighted by molar-refractivity contribution is -0.136. The van der Waals surface area contributed by atoms with E-state index < -0.39 is 33.2 Å². The molecule has 0 spiro atoms. The van der Waals surface area contributed by atoms with Gasteiger partial charge in [0.2, 0.25) is 15.5 Å². The molecule has 9 heteroatoms. The van der Waals surface area contributed by atoms with Gasteiger partial charge < -0.3 is 14.3 Å². The molecule has 0 fully saturated rings. The van der Waals surface area contributed by atoms with Gasteiger partial charge in [0, 0.05) is 12.1 Å². The van der Waals surface area contributed by atoms with E-state index >= 15 is 0 Å². The van der Waals surface area contributed by atoms with Crippen molar-refractivity contribution >= 4 is 37.9 Å². The molecular formula is C30H25NO7S. The maximum absolute atomic E-state index is 13.3. The second-order valence-corrected chi connectivity index (χ2v) is 11.0. The van der Waals surface area contributed by atoms with E-state index in [0.29, 0.717) is 16.5 Å². The maximum atomic E-state index is 13.3. The van der Waals surface area contributed by atoms with E-state index in [9.17, 15) is 23.1 Å². The highest BCUT2D eigenvalue weighted by Crippen LogP contribution is 2.31. The number of ether oxygens (including phenoxy) is 1. The summed E-state index contributed by atoms with van der Waals surface area (Å²) < 4.78 is 40.1. The van der Waals surface area contributed by atoms with Crippen LogP contribution in [-0.4, -0.2) is 25.5 Å². The molecule has 0 bridgehead atoms. The third kappa shape index (κ3) is 5.41. The van der Waals surface area contributed by atoms with Gasteiger partial charge in [0.15, 0.2) is 0 Å². The zero-order valence-corrected chi connectivity index (χ0v) is 22.0. The average molecular weight is 544 g/mol. The number of esters is 1. The summed E-state index contributed by atoms with van der Waals surface area (Å²) in [6.45, 7) is 3.62. The highest BCUT2D eigenvalue weighted by atomic mass is 32.2. The minimum absolute atomic E-state index is 0.00587. The molecule has 0 radical (unpaired) electrons. The highest BCUT2D eigenvalue weighted by Gasteiger charge is 2.28. The van der Waals surface area contributed by atoms with Crippen molar-refractivity contribution < 1.29 is 27.5 Å². The Kier molecular flexibility index (Phi) is 6.94. The molecule has 0 unspecified atom stereocenters. The van der Waals surface area contributed by atoms with Crippen LogP contribution in [0.15, 0.2) is 99.0 Å². The summed E-state index contributed by atoms with van der Waals surface area (Å²) in [6, 6.07) is 21.4. The molecule has 5 aromatic rings. The quantitative estimate of drug-likeness (QED) is 0.172. The molecule has 0 amide bonds. The van der Waals surface area contributed by atoms with E-state index in [2.05, 4.69) is 4.72 Å². The number of sulfonamides is 1. The third-order valence-electron chi connectivity index (χ3n) is 6.36. The summed E-state index contributed by atoms with van der Waals surface area (Å²) in [7, 11) is -4.07. The molecule has 8 nitrogen and oxygen atoms in total. The van der Waals surface area contributed by atoms with Crippen LogP contribution in [0.4, 0.5) is 0 Å². The fraction of sp³-hybridized carbons (Fsp3) is 0.133. The zero-order valence-electron chi connectivity index (χ0n) is 21.2. The predicted molar refractivity (Wildman–Crippen MR) is 147 cm³/mol. The van der Waals surface area contributed by atoms with Crippen molar-refractivity contribution in [3.63, 3.8) is 0 Å². The molecule has 0 aliphatic carbocycles. The first-order valence-electron chi connectivity index (χ1n) is 12.2. The molecule has 0 aliphatic rings. The van der Waals surface area contributed by atoms with Gasteiger partial charge in [-0.05, 0) is 49.6 Å². The largest absolute Gasteiger partial charge is 0.507 e. The molecule has 198 valence electrons. The standard InChI is InChI=1S/C30H25NO7S/c1-18-11-13-22(14-12-18)39(35,36)31-24(15-20-8-4-3-5-9-20)30(34)37-21-16-25(32)27-26(17-21)38-29-19(2)7-6-10-23(29)28(27)33/h3-14,16-17,24,31-32H,15H2,1-2H3/t24-/m0/s1. The number of benzene rings is 4. The van der Waals surface area contributed by atoms with Gasteiger partial charge in [0.1, 0.15) is 34.1 Å². The van der Waals surface area contributed by atoms with Crippen LogP contribution in [0.3, 0.4) is 0 Å². The van der Waals surface area contributed by atoms with E-state index in [4.69, 9.17) is 9.15 Å². The zero-order chi connectivity index (χ0) is 27.7. The van der Waals surface area contributed by atoms with E-state index in [1.165, 1.54) is 18.2 Å². The van der Waals surface area contributed by atoms with Crippen LogP contribution >= 0.6 is 0 Å². The monoisotopic (exact) mass is 543 g/mol. The lowest BCUT2D eigenvalue weighted by atomic mass is 10.1. The molecule has 4 aromatic carbocycles. The molecule has 0 saturated heterocycles. The Morgan fingerprint density at radius 2 is 1.69 bits per heavy atom. The maximum Gasteiger partial charge on any atom is 0.329 e. The molecule has 0 saturated carbocycles. The van der Waals surface area contributed by atoms with Crippen LogP contribution in [0, 0.1) is 13.8 Å². The number of nitrogens with one attached hydrogen (secondary N) is 1. The second-order valence-electron chi connectivity index (χ2n) is 9.30. The van der Waals surface area contributed by atoms with Gasteiger partial charge in [-0.1, -0.05) is 60.2 Å². The van der Waals surface area contributed by atoms with Crippen molar-refractivity contribution in [3.05, 3.63) is 112 Å². The Morgan fingerprint density at radius 1 is 0.974 bits per heavy atom. The van der Waals surface area contributed by atoms with Crippen LogP contribution in [0.25, 0.3) is 21.9 Å². The molecular weight excluding hydrogens is 518 g/mol. The van der Waals surface area contributed by atoms with Crippen molar-refractivity contribution in [3.8, 4) is 11.5 Å². The normalized spacial score (nSPS) is 12.5. The van der Waals surface area contributed by atoms with Gasteiger partial charge in [-0.15, -0.1) is 0 Å². The number of carbonyl (C=O) groups is 1. The highest BCUT2D eigenvalue weighted by molar-refractivity contribution is 7.89. The molecule has 1 aromatic heterocycles. The Balaban J connectivity index is 1.50. The first-order chi connectivity index (χ1) is 18.6. The van der Waals surface area contributed by atoms with Crippen molar-refractivity contribution in [1.29, 1.82) is 0 Å². The first-order valence-corrected chi connectivity index (χ1v) is 13.6. The summed E-state index contributed by atoms with van der Waals surface area (Å²) in [5, 5.41) is 10.9. The van der Waals surface area contributed by atoms with Gasteiger partial charge in [0.25, 0.3) is 0 Å². The van der Waals surface area contributed by atoms with E-state index in [1.54, 1.807) is 61.5 Å². The minimum atomic E-state index is -4.07. The van der Waals surface area contributed by atoms with Crippen LogP contribution in [-0.2, 0) is 21.2 Å². The molecule has 2 N–H and O–H groups in total. The Morgan fingerprint density at radius 3 is 2.41 bits per heavy atom. The van der Waals surface area contributed by atoms with Crippen LogP contribution < -0.4 is 14.9 Å². The lowest BCUT2D eigenvalue weighted by Crippen LogP contribution is -2.44. The number of carbonyl (C=O) groups excluding carboxylic acids is 1. The summed E-state index contributed by atoms with van der Waals surface area (Å²) in [5.74, 6) is -1.42. The van der Waals surface area contributed by atoms with E-state index in [-0.39, 0.29) is 28.0 Å². The summed E-state index contributed by atoms with van der Waals surface area (Å²) >= 11 is 0. The molecule has 5 rings (SSSR count). The van der Waals surface area contributed by atoms with Gasteiger partial charge in [0.05, 0.1) is 10.3 Å². The Bertz CT molecular complexity index is 1860. The van der Waals surface area contributed by atoms with Crippen LogP contribution in [0.5, 0.6) is 11.5 Å². The molecule has 0 aliphatic heterocycles. The number of aromatic hydroxyl groups is 1. The lowest BCUT2D eigenvalue weighted by Gasteiger charge is -2.18. The fourth-order valence-electron chi connectivity index (χ4n) is 4.34. The van der Waals surface area contributed by atoms with Gasteiger partial charge in [-0.2, -0.15) is 4.72 Å². The molecule has 1 heterocycles. The molecule has 1 atom stereocenters. The summed E-state index contributed by atoms with van der Waals surface area (Å²) in [4.78, 5) is 26.4. The van der Waals surface area contributed by atoms with Crippen molar-refractivity contribution in [1.82, 2.24) is 4.72 Å².